The third-order valence-corrected chi connectivity index (χ3v) is 2.80. The van der Waals surface area contributed by atoms with Crippen LogP contribution in [-0.4, -0.2) is 13.1 Å². The van der Waals surface area contributed by atoms with Gasteiger partial charge in [-0.25, -0.2) is 8.78 Å². The van der Waals surface area contributed by atoms with Crippen molar-refractivity contribution in [1.82, 2.24) is 5.32 Å². The number of hydrogen-bond acceptors (Lipinski definition) is 1. The quantitative estimate of drug-likeness (QED) is 0.786. The van der Waals surface area contributed by atoms with Gasteiger partial charge in [0, 0.05) is 12.1 Å². The molecule has 0 radical (unpaired) electrons. The zero-order valence-corrected chi connectivity index (χ0v) is 9.89. The van der Waals surface area contributed by atoms with Gasteiger partial charge in [0.05, 0.1) is 0 Å². The van der Waals surface area contributed by atoms with E-state index >= 15 is 0 Å². The molecule has 0 fully saturated rings. The summed E-state index contributed by atoms with van der Waals surface area (Å²) in [7, 11) is 1.88. The largest absolute Gasteiger partial charge is 0.317 e. The zero-order valence-electron chi connectivity index (χ0n) is 9.89. The molecule has 0 saturated carbocycles. The summed E-state index contributed by atoms with van der Waals surface area (Å²) in [6.45, 7) is 2.13. The lowest BCUT2D eigenvalue weighted by Gasteiger charge is -2.16. The maximum Gasteiger partial charge on any atom is 0.129 e. The predicted molar refractivity (Wildman–Crippen MR) is 62.4 cm³/mol. The van der Waals surface area contributed by atoms with E-state index in [1.165, 1.54) is 12.1 Å². The maximum atomic E-state index is 13.4. The highest BCUT2D eigenvalue weighted by Crippen LogP contribution is 2.14. The molecule has 3 heteroatoms. The number of halogens is 2. The first kappa shape index (κ1) is 13.1. The van der Waals surface area contributed by atoms with E-state index in [2.05, 4.69) is 12.2 Å². The van der Waals surface area contributed by atoms with Crippen LogP contribution in [0.25, 0.3) is 0 Å². The second-order valence-electron chi connectivity index (χ2n) is 4.07. The highest BCUT2D eigenvalue weighted by Gasteiger charge is 2.10. The van der Waals surface area contributed by atoms with E-state index < -0.39 is 11.6 Å². The van der Waals surface area contributed by atoms with E-state index in [4.69, 9.17) is 0 Å². The molecule has 1 nitrogen and oxygen atoms in total. The lowest BCUT2D eigenvalue weighted by molar-refractivity contribution is 0.484. The van der Waals surface area contributed by atoms with Crippen LogP contribution in [0.1, 0.15) is 31.7 Å². The van der Waals surface area contributed by atoms with E-state index in [0.29, 0.717) is 12.0 Å². The van der Waals surface area contributed by atoms with E-state index in [1.807, 2.05) is 7.05 Å². The molecule has 0 bridgehead atoms. The third kappa shape index (κ3) is 3.89. The van der Waals surface area contributed by atoms with Crippen LogP contribution in [-0.2, 0) is 6.42 Å². The van der Waals surface area contributed by atoms with Gasteiger partial charge in [-0.3, -0.25) is 0 Å². The van der Waals surface area contributed by atoms with Crippen LogP contribution in [0, 0.1) is 11.6 Å². The lowest BCUT2D eigenvalue weighted by atomic mass is 10.0. The molecule has 1 aromatic carbocycles. The van der Waals surface area contributed by atoms with Crippen LogP contribution >= 0.6 is 0 Å². The molecule has 0 aliphatic rings. The summed E-state index contributed by atoms with van der Waals surface area (Å²) in [6, 6.07) is 4.05. The fraction of sp³-hybridized carbons (Fsp3) is 0.538. The number of benzene rings is 1. The van der Waals surface area contributed by atoms with Gasteiger partial charge in [-0.2, -0.15) is 0 Å². The predicted octanol–water partition coefficient (Wildman–Crippen LogP) is 3.29. The second-order valence-corrected chi connectivity index (χ2v) is 4.07. The average Bonchev–Trinajstić information content (AvgIpc) is 2.27. The summed E-state index contributed by atoms with van der Waals surface area (Å²) in [4.78, 5) is 0. The molecule has 1 rings (SSSR count). The SMILES string of the molecule is CCCCC(Cc1ccc(F)cc1F)NC. The molecular formula is C13H19F2N. The molecular weight excluding hydrogens is 208 g/mol. The van der Waals surface area contributed by atoms with Gasteiger partial charge in [-0.15, -0.1) is 0 Å². The van der Waals surface area contributed by atoms with Crippen molar-refractivity contribution in [3.63, 3.8) is 0 Å². The van der Waals surface area contributed by atoms with Crippen LogP contribution < -0.4 is 5.32 Å². The van der Waals surface area contributed by atoms with Crippen molar-refractivity contribution < 1.29 is 8.78 Å². The molecule has 16 heavy (non-hydrogen) atoms. The molecule has 0 saturated heterocycles. The van der Waals surface area contributed by atoms with Crippen LogP contribution in [0.2, 0.25) is 0 Å². The Morgan fingerprint density at radius 2 is 2.06 bits per heavy atom. The lowest BCUT2D eigenvalue weighted by Crippen LogP contribution is -2.27. The highest BCUT2D eigenvalue weighted by molar-refractivity contribution is 5.19. The Labute approximate surface area is 95.9 Å². The fourth-order valence-corrected chi connectivity index (χ4v) is 1.75. The van der Waals surface area contributed by atoms with Crippen molar-refractivity contribution in [3.8, 4) is 0 Å². The molecule has 0 aliphatic carbocycles. The summed E-state index contributed by atoms with van der Waals surface area (Å²) in [6.07, 6.45) is 3.88. The average molecular weight is 227 g/mol. The molecule has 1 aromatic rings. The van der Waals surface area contributed by atoms with Gasteiger partial charge in [0.25, 0.3) is 0 Å². The molecule has 1 N–H and O–H groups in total. The maximum absolute atomic E-state index is 13.4. The Kier molecular flexibility index (Phi) is 5.39. The minimum absolute atomic E-state index is 0.264. The number of rotatable bonds is 6. The smallest absolute Gasteiger partial charge is 0.129 e. The van der Waals surface area contributed by atoms with Crippen molar-refractivity contribution in [1.29, 1.82) is 0 Å². The van der Waals surface area contributed by atoms with Crippen LogP contribution in [0.4, 0.5) is 8.78 Å². The Bertz CT molecular complexity index is 326. The first-order valence-corrected chi connectivity index (χ1v) is 5.78. The van der Waals surface area contributed by atoms with Crippen molar-refractivity contribution in [3.05, 3.63) is 35.4 Å². The van der Waals surface area contributed by atoms with Gasteiger partial charge in [-0.1, -0.05) is 25.8 Å². The number of hydrogen-bond donors (Lipinski definition) is 1. The van der Waals surface area contributed by atoms with Gasteiger partial charge in [0.15, 0.2) is 0 Å². The summed E-state index contributed by atoms with van der Waals surface area (Å²) in [5.74, 6) is -0.965. The van der Waals surface area contributed by atoms with Gasteiger partial charge >= 0.3 is 0 Å². The fourth-order valence-electron chi connectivity index (χ4n) is 1.75. The summed E-state index contributed by atoms with van der Waals surface area (Å²) >= 11 is 0. The van der Waals surface area contributed by atoms with Gasteiger partial charge < -0.3 is 5.32 Å². The Hall–Kier alpha value is -0.960. The minimum atomic E-state index is -0.518. The molecule has 0 heterocycles. The first-order chi connectivity index (χ1) is 7.67. The van der Waals surface area contributed by atoms with E-state index in [9.17, 15) is 8.78 Å². The third-order valence-electron chi connectivity index (χ3n) is 2.80. The number of likely N-dealkylation sites (N-methyl/N-ethyl adjacent to an activating group) is 1. The number of unbranched alkanes of at least 4 members (excludes halogenated alkanes) is 1. The number of nitrogens with one attached hydrogen (secondary N) is 1. The molecule has 0 aromatic heterocycles. The summed E-state index contributed by atoms with van der Waals surface area (Å²) < 4.78 is 26.1. The normalized spacial score (nSPS) is 12.8. The van der Waals surface area contributed by atoms with Crippen molar-refractivity contribution in [2.75, 3.05) is 7.05 Å². The van der Waals surface area contributed by atoms with Crippen LogP contribution in [0.15, 0.2) is 18.2 Å². The van der Waals surface area contributed by atoms with Gasteiger partial charge in [-0.05, 0) is 31.5 Å². The molecule has 1 atom stereocenters. The van der Waals surface area contributed by atoms with E-state index in [1.54, 1.807) is 0 Å². The standard InChI is InChI=1S/C13H19F2N/c1-3-4-5-12(16-2)8-10-6-7-11(14)9-13(10)15/h6-7,9,12,16H,3-5,8H2,1-2H3. The minimum Gasteiger partial charge on any atom is -0.317 e. The van der Waals surface area contributed by atoms with Gasteiger partial charge in [0.1, 0.15) is 11.6 Å². The topological polar surface area (TPSA) is 12.0 Å². The van der Waals surface area contributed by atoms with Crippen LogP contribution in [0.5, 0.6) is 0 Å². The summed E-state index contributed by atoms with van der Waals surface area (Å²) in [5.41, 5.74) is 0.580. The Morgan fingerprint density at radius 1 is 1.31 bits per heavy atom. The Balaban J connectivity index is 2.62. The summed E-state index contributed by atoms with van der Waals surface area (Å²) in [5, 5.41) is 3.17. The van der Waals surface area contributed by atoms with Gasteiger partial charge in [0.2, 0.25) is 0 Å². The molecule has 0 amide bonds. The van der Waals surface area contributed by atoms with E-state index in [-0.39, 0.29) is 6.04 Å². The van der Waals surface area contributed by atoms with Crippen molar-refractivity contribution in [2.24, 2.45) is 0 Å². The molecule has 0 spiro atoms. The zero-order chi connectivity index (χ0) is 12.0. The monoisotopic (exact) mass is 227 g/mol. The van der Waals surface area contributed by atoms with Crippen LogP contribution in [0.3, 0.4) is 0 Å². The highest BCUT2D eigenvalue weighted by atomic mass is 19.1. The second kappa shape index (κ2) is 6.59. The first-order valence-electron chi connectivity index (χ1n) is 5.78. The van der Waals surface area contributed by atoms with Crippen molar-refractivity contribution >= 4 is 0 Å². The molecule has 0 aliphatic heterocycles. The van der Waals surface area contributed by atoms with Crippen molar-refractivity contribution in [2.45, 2.75) is 38.6 Å². The molecule has 90 valence electrons. The van der Waals surface area contributed by atoms with E-state index in [0.717, 1.165) is 25.3 Å². The molecule has 1 unspecified atom stereocenters. The Morgan fingerprint density at radius 3 is 2.62 bits per heavy atom.